The summed E-state index contributed by atoms with van der Waals surface area (Å²) in [6.07, 6.45) is 4.28. The third-order valence-electron chi connectivity index (χ3n) is 4.10. The van der Waals surface area contributed by atoms with Gasteiger partial charge >= 0.3 is 0 Å². The van der Waals surface area contributed by atoms with Gasteiger partial charge in [-0.15, -0.1) is 0 Å². The Balaban J connectivity index is 1.89. The van der Waals surface area contributed by atoms with Crippen LogP contribution in [0.4, 0.5) is 0 Å². The van der Waals surface area contributed by atoms with Crippen LogP contribution in [0.3, 0.4) is 0 Å². The third-order valence-corrected chi connectivity index (χ3v) is 4.65. The van der Waals surface area contributed by atoms with Gasteiger partial charge in [0.25, 0.3) is 0 Å². The minimum Gasteiger partial charge on any atom is -0.348 e. The molecular weight excluding hydrogens is 343 g/mol. The van der Waals surface area contributed by atoms with Crippen LogP contribution in [0.1, 0.15) is 11.5 Å². The third kappa shape index (κ3) is 2.58. The molecule has 0 saturated carbocycles. The largest absolute Gasteiger partial charge is 0.348 e. The van der Waals surface area contributed by atoms with Crippen molar-refractivity contribution in [2.45, 2.75) is 6.42 Å². The second-order valence-corrected chi connectivity index (χ2v) is 6.45. The van der Waals surface area contributed by atoms with Crippen LogP contribution in [0.15, 0.2) is 48.8 Å². The molecule has 0 aliphatic carbocycles. The van der Waals surface area contributed by atoms with Gasteiger partial charge < -0.3 is 4.98 Å². The van der Waals surface area contributed by atoms with E-state index in [1.165, 1.54) is 0 Å². The summed E-state index contributed by atoms with van der Waals surface area (Å²) in [6.45, 7) is 0. The number of imidazole rings is 1. The number of aromatic nitrogens is 4. The highest BCUT2D eigenvalue weighted by atomic mass is 35.5. The Morgan fingerprint density at radius 3 is 2.75 bits per heavy atom. The lowest BCUT2D eigenvalue weighted by Crippen LogP contribution is -2.00. The molecule has 0 aliphatic heterocycles. The van der Waals surface area contributed by atoms with Crippen molar-refractivity contribution in [3.8, 4) is 11.1 Å². The normalized spacial score (nSPS) is 11.3. The summed E-state index contributed by atoms with van der Waals surface area (Å²) in [5.41, 5.74) is 3.95. The first kappa shape index (κ1) is 15.2. The molecule has 1 N–H and O–H groups in total. The first-order valence-electron chi connectivity index (χ1n) is 7.52. The highest BCUT2D eigenvalue weighted by Gasteiger charge is 2.16. The highest BCUT2D eigenvalue weighted by molar-refractivity contribution is 6.36. The van der Waals surface area contributed by atoms with Crippen molar-refractivity contribution in [1.82, 2.24) is 19.7 Å². The minimum atomic E-state index is 0.619. The van der Waals surface area contributed by atoms with Crippen LogP contribution < -0.4 is 0 Å². The molecule has 0 radical (unpaired) electrons. The van der Waals surface area contributed by atoms with Crippen LogP contribution in [-0.2, 0) is 13.5 Å². The van der Waals surface area contributed by atoms with Crippen LogP contribution in [0.5, 0.6) is 0 Å². The number of aromatic amines is 1. The lowest BCUT2D eigenvalue weighted by molar-refractivity contribution is 0.727. The van der Waals surface area contributed by atoms with E-state index in [1.807, 2.05) is 42.2 Å². The summed E-state index contributed by atoms with van der Waals surface area (Å²) in [7, 11) is 1.95. The molecule has 120 valence electrons. The molecule has 24 heavy (non-hydrogen) atoms. The van der Waals surface area contributed by atoms with Crippen LogP contribution in [0.2, 0.25) is 10.0 Å². The number of fused-ring (bicyclic) bond motifs is 1. The van der Waals surface area contributed by atoms with Gasteiger partial charge in [0, 0.05) is 52.4 Å². The second kappa shape index (κ2) is 5.96. The molecule has 2 heterocycles. The smallest absolute Gasteiger partial charge is 0.112 e. The fourth-order valence-corrected chi connectivity index (χ4v) is 3.47. The predicted molar refractivity (Wildman–Crippen MR) is 97.6 cm³/mol. The van der Waals surface area contributed by atoms with E-state index in [2.05, 4.69) is 16.0 Å². The summed E-state index contributed by atoms with van der Waals surface area (Å²) in [4.78, 5) is 7.45. The Morgan fingerprint density at radius 1 is 1.12 bits per heavy atom. The van der Waals surface area contributed by atoms with Crippen LogP contribution in [0, 0.1) is 0 Å². The maximum atomic E-state index is 6.39. The van der Waals surface area contributed by atoms with Gasteiger partial charge in [0.05, 0.1) is 5.69 Å². The highest BCUT2D eigenvalue weighted by Crippen LogP contribution is 2.35. The van der Waals surface area contributed by atoms with Gasteiger partial charge in [-0.05, 0) is 12.1 Å². The van der Waals surface area contributed by atoms with Crippen LogP contribution in [-0.4, -0.2) is 19.7 Å². The Labute approximate surface area is 149 Å². The molecule has 0 spiro atoms. The van der Waals surface area contributed by atoms with Crippen molar-refractivity contribution in [3.63, 3.8) is 0 Å². The van der Waals surface area contributed by atoms with E-state index < -0.39 is 0 Å². The van der Waals surface area contributed by atoms with E-state index >= 15 is 0 Å². The zero-order valence-electron chi connectivity index (χ0n) is 12.9. The topological polar surface area (TPSA) is 46.5 Å². The molecule has 6 heteroatoms. The van der Waals surface area contributed by atoms with Crippen molar-refractivity contribution >= 4 is 34.1 Å². The number of aryl methyl sites for hydroxylation is 1. The van der Waals surface area contributed by atoms with E-state index in [0.717, 1.165) is 33.5 Å². The molecule has 4 nitrogen and oxygen atoms in total. The number of hydrogen-bond acceptors (Lipinski definition) is 2. The van der Waals surface area contributed by atoms with Crippen molar-refractivity contribution in [2.24, 2.45) is 7.05 Å². The molecule has 0 aliphatic rings. The number of benzene rings is 2. The molecule has 0 unspecified atom stereocenters. The number of rotatable bonds is 3. The van der Waals surface area contributed by atoms with E-state index in [0.29, 0.717) is 16.5 Å². The van der Waals surface area contributed by atoms with E-state index in [9.17, 15) is 0 Å². The Kier molecular flexibility index (Phi) is 3.79. The quantitative estimate of drug-likeness (QED) is 0.569. The summed E-state index contributed by atoms with van der Waals surface area (Å²) >= 11 is 12.4. The van der Waals surface area contributed by atoms with Crippen LogP contribution in [0.25, 0.3) is 22.0 Å². The molecule has 4 aromatic rings. The Morgan fingerprint density at radius 2 is 2.00 bits per heavy atom. The van der Waals surface area contributed by atoms with Crippen molar-refractivity contribution in [3.05, 3.63) is 70.4 Å². The SMILES string of the molecule is Cn1nc2c(-c3ccc(Cl)cc3Cl)cccc2c1Cc1ncc[nH]1. The lowest BCUT2D eigenvalue weighted by atomic mass is 10.0. The lowest BCUT2D eigenvalue weighted by Gasteiger charge is -2.06. The fourth-order valence-electron chi connectivity index (χ4n) is 2.96. The molecule has 4 rings (SSSR count). The number of halogens is 2. The zero-order valence-corrected chi connectivity index (χ0v) is 14.4. The van der Waals surface area contributed by atoms with E-state index in [1.54, 1.807) is 12.3 Å². The van der Waals surface area contributed by atoms with Gasteiger partial charge in [-0.25, -0.2) is 4.98 Å². The number of nitrogens with zero attached hydrogens (tertiary/aromatic N) is 3. The summed E-state index contributed by atoms with van der Waals surface area (Å²) in [5.74, 6) is 0.912. The maximum Gasteiger partial charge on any atom is 0.112 e. The van der Waals surface area contributed by atoms with Crippen molar-refractivity contribution in [1.29, 1.82) is 0 Å². The maximum absolute atomic E-state index is 6.39. The predicted octanol–water partition coefficient (Wildman–Crippen LogP) is 4.86. The fraction of sp³-hybridized carbons (Fsp3) is 0.111. The van der Waals surface area contributed by atoms with Crippen LogP contribution >= 0.6 is 23.2 Å². The average molecular weight is 357 g/mol. The summed E-state index contributed by atoms with van der Waals surface area (Å²) in [6, 6.07) is 11.7. The molecule has 0 bridgehead atoms. The van der Waals surface area contributed by atoms with Crippen molar-refractivity contribution < 1.29 is 0 Å². The van der Waals surface area contributed by atoms with Gasteiger partial charge in [-0.2, -0.15) is 5.10 Å². The first-order chi connectivity index (χ1) is 11.6. The van der Waals surface area contributed by atoms with Crippen molar-refractivity contribution in [2.75, 3.05) is 0 Å². The van der Waals surface area contributed by atoms with E-state index in [4.69, 9.17) is 28.3 Å². The molecule has 0 amide bonds. The van der Waals surface area contributed by atoms with Gasteiger partial charge in [-0.3, -0.25) is 4.68 Å². The molecule has 0 fully saturated rings. The number of hydrogen-bond donors (Lipinski definition) is 1. The zero-order chi connectivity index (χ0) is 16.7. The number of H-pyrrole nitrogens is 1. The number of nitrogens with one attached hydrogen (secondary N) is 1. The van der Waals surface area contributed by atoms with Gasteiger partial charge in [0.1, 0.15) is 11.3 Å². The second-order valence-electron chi connectivity index (χ2n) is 5.61. The molecule has 2 aromatic carbocycles. The average Bonchev–Trinajstić information content (AvgIpc) is 3.17. The standard InChI is InChI=1S/C18H14Cl2N4/c1-24-16(10-17-21-7-8-22-17)14-4-2-3-13(18(14)23-24)12-6-5-11(19)9-15(12)20/h2-9H,10H2,1H3,(H,21,22). The Hall–Kier alpha value is -2.30. The van der Waals surface area contributed by atoms with E-state index in [-0.39, 0.29) is 0 Å². The molecular formula is C18H14Cl2N4. The molecule has 0 saturated heterocycles. The monoisotopic (exact) mass is 356 g/mol. The van der Waals surface area contributed by atoms with Gasteiger partial charge in [0.15, 0.2) is 0 Å². The minimum absolute atomic E-state index is 0.619. The molecule has 2 aromatic heterocycles. The Bertz CT molecular complexity index is 1020. The first-order valence-corrected chi connectivity index (χ1v) is 8.27. The summed E-state index contributed by atoms with van der Waals surface area (Å²) in [5, 5.41) is 7.05. The van der Waals surface area contributed by atoms with Gasteiger partial charge in [-0.1, -0.05) is 47.5 Å². The molecule has 0 atom stereocenters. The summed E-state index contributed by atoms with van der Waals surface area (Å²) < 4.78 is 1.90. The van der Waals surface area contributed by atoms with Gasteiger partial charge in [0.2, 0.25) is 0 Å².